The molecule has 0 unspecified atom stereocenters. The lowest BCUT2D eigenvalue weighted by Gasteiger charge is -2.39. The van der Waals surface area contributed by atoms with Gasteiger partial charge in [-0.2, -0.15) is 4.68 Å². The minimum absolute atomic E-state index is 0.270. The first-order valence-corrected chi connectivity index (χ1v) is 8.61. The summed E-state index contributed by atoms with van der Waals surface area (Å²) < 4.78 is 31.5. The molecule has 27 heavy (non-hydrogen) atoms. The maximum absolute atomic E-state index is 14.5. The fourth-order valence-electron chi connectivity index (χ4n) is 3.64. The maximum Gasteiger partial charge on any atom is 0.298 e. The molecule has 0 bridgehead atoms. The molecule has 1 aliphatic carbocycles. The van der Waals surface area contributed by atoms with E-state index in [-0.39, 0.29) is 23.6 Å². The molecule has 1 aliphatic heterocycles. The molecule has 3 aromatic rings. The highest BCUT2D eigenvalue weighted by Crippen LogP contribution is 2.61. The van der Waals surface area contributed by atoms with E-state index in [1.54, 1.807) is 11.1 Å². The van der Waals surface area contributed by atoms with Gasteiger partial charge in [0.05, 0.1) is 25.1 Å². The lowest BCUT2D eigenvalue weighted by atomic mass is 9.89. The van der Waals surface area contributed by atoms with Crippen LogP contribution in [0.15, 0.2) is 35.8 Å². The van der Waals surface area contributed by atoms with Crippen LogP contribution in [0, 0.1) is 5.41 Å². The van der Waals surface area contributed by atoms with Gasteiger partial charge in [-0.3, -0.25) is 9.89 Å². The van der Waals surface area contributed by atoms with Crippen molar-refractivity contribution in [2.75, 3.05) is 18.0 Å². The van der Waals surface area contributed by atoms with Gasteiger partial charge in [0.15, 0.2) is 11.5 Å². The van der Waals surface area contributed by atoms with Gasteiger partial charge < -0.3 is 4.90 Å². The monoisotopic (exact) mass is 374 g/mol. The largest absolute Gasteiger partial charge is 0.350 e. The van der Waals surface area contributed by atoms with Crippen LogP contribution in [0.4, 0.5) is 14.6 Å². The number of alkyl halides is 2. The van der Waals surface area contributed by atoms with Crippen LogP contribution in [0.3, 0.4) is 0 Å². The number of aromatic nitrogens is 7. The summed E-state index contributed by atoms with van der Waals surface area (Å²) in [5, 5.41) is 10.3. The van der Waals surface area contributed by atoms with Crippen LogP contribution < -0.4 is 10.5 Å². The first-order chi connectivity index (χ1) is 13.0. The van der Waals surface area contributed by atoms with E-state index < -0.39 is 11.3 Å². The van der Waals surface area contributed by atoms with Crippen molar-refractivity contribution in [1.82, 2.24) is 34.7 Å². The van der Waals surface area contributed by atoms with Gasteiger partial charge in [-0.05, 0) is 19.3 Å². The molecule has 4 heterocycles. The van der Waals surface area contributed by atoms with Crippen molar-refractivity contribution in [3.8, 4) is 11.5 Å². The van der Waals surface area contributed by atoms with Crippen molar-refractivity contribution in [2.45, 2.75) is 25.2 Å². The predicted octanol–water partition coefficient (Wildman–Crippen LogP) is 1.16. The second kappa shape index (κ2) is 5.44. The number of anilines is 1. The smallest absolute Gasteiger partial charge is 0.298 e. The molecule has 9 nitrogen and oxygen atoms in total. The Balaban J connectivity index is 1.46. The number of nitrogens with one attached hydrogen (secondary N) is 1. The van der Waals surface area contributed by atoms with Crippen LogP contribution in [0.25, 0.3) is 11.5 Å². The average molecular weight is 374 g/mol. The van der Waals surface area contributed by atoms with E-state index in [1.807, 2.05) is 0 Å². The molecule has 0 radical (unpaired) electrons. The van der Waals surface area contributed by atoms with Gasteiger partial charge in [-0.15, -0.1) is 5.10 Å². The van der Waals surface area contributed by atoms with Crippen molar-refractivity contribution in [3.05, 3.63) is 41.3 Å². The van der Waals surface area contributed by atoms with Crippen molar-refractivity contribution >= 4 is 5.82 Å². The number of nitrogens with zero attached hydrogens (tertiary/aromatic N) is 7. The molecular weight excluding hydrogens is 358 g/mol. The Hall–Kier alpha value is -3.11. The zero-order valence-corrected chi connectivity index (χ0v) is 14.2. The summed E-state index contributed by atoms with van der Waals surface area (Å²) in [6.45, 7) is 0.142. The molecule has 3 aromatic heterocycles. The lowest BCUT2D eigenvalue weighted by molar-refractivity contribution is -0.0795. The van der Waals surface area contributed by atoms with Gasteiger partial charge in [0.25, 0.3) is 11.5 Å². The second-order valence-corrected chi connectivity index (χ2v) is 7.04. The van der Waals surface area contributed by atoms with E-state index in [0.29, 0.717) is 31.6 Å². The average Bonchev–Trinajstić information content (AvgIpc) is 3.08. The van der Waals surface area contributed by atoms with Crippen molar-refractivity contribution in [1.29, 1.82) is 0 Å². The highest BCUT2D eigenvalue weighted by Gasteiger charge is 2.63. The van der Waals surface area contributed by atoms with E-state index >= 15 is 0 Å². The fraction of sp³-hybridized carbons (Fsp3) is 0.438. The molecule has 11 heteroatoms. The first-order valence-electron chi connectivity index (χ1n) is 8.61. The van der Waals surface area contributed by atoms with Crippen LogP contribution in [0.5, 0.6) is 0 Å². The van der Waals surface area contributed by atoms with Crippen LogP contribution in [0.2, 0.25) is 0 Å². The SMILES string of the molecule is O=c1c(-n2ccnn2)c[nH]n1-c1cc(N2CCC3(CC3)C(F)(F)C2)ncn1. The van der Waals surface area contributed by atoms with E-state index in [9.17, 15) is 13.6 Å². The zero-order chi connectivity index (χ0) is 18.6. The standard InChI is InChI=1S/C16H16F2N8O/c17-16(18)9-24(5-3-15(16)1-2-15)12-7-13(20-10-19-12)26-14(27)11(8-22-26)25-6-4-21-23-25/h4,6-8,10,22H,1-3,5,9H2. The zero-order valence-electron chi connectivity index (χ0n) is 14.2. The number of rotatable bonds is 3. The third kappa shape index (κ3) is 2.45. The summed E-state index contributed by atoms with van der Waals surface area (Å²) in [4.78, 5) is 22.4. The first kappa shape index (κ1) is 16.1. The Morgan fingerprint density at radius 1 is 1.15 bits per heavy atom. The van der Waals surface area contributed by atoms with Crippen LogP contribution in [-0.2, 0) is 0 Å². The summed E-state index contributed by atoms with van der Waals surface area (Å²) in [7, 11) is 0. The van der Waals surface area contributed by atoms with Crippen LogP contribution in [-0.4, -0.2) is 53.8 Å². The van der Waals surface area contributed by atoms with Gasteiger partial charge in [-0.25, -0.2) is 23.4 Å². The lowest BCUT2D eigenvalue weighted by Crippen LogP contribution is -2.50. The normalized spacial score (nSPS) is 20.1. The molecule has 2 fully saturated rings. The number of hydrogen-bond acceptors (Lipinski definition) is 6. The summed E-state index contributed by atoms with van der Waals surface area (Å²) >= 11 is 0. The Morgan fingerprint density at radius 2 is 1.96 bits per heavy atom. The molecule has 0 amide bonds. The molecule has 0 atom stereocenters. The summed E-state index contributed by atoms with van der Waals surface area (Å²) in [6.07, 6.45) is 7.37. The Kier molecular flexibility index (Phi) is 3.24. The molecular formula is C16H16F2N8O. The molecule has 1 saturated heterocycles. The third-order valence-corrected chi connectivity index (χ3v) is 5.49. The summed E-state index contributed by atoms with van der Waals surface area (Å²) in [5.74, 6) is -2.09. The van der Waals surface area contributed by atoms with Gasteiger partial charge in [0.2, 0.25) is 0 Å². The number of piperidine rings is 1. The van der Waals surface area contributed by atoms with Gasteiger partial charge in [0.1, 0.15) is 12.1 Å². The number of hydrogen-bond donors (Lipinski definition) is 1. The Labute approximate surface area is 151 Å². The van der Waals surface area contributed by atoms with Crippen molar-refractivity contribution in [2.24, 2.45) is 5.41 Å². The number of aromatic amines is 1. The van der Waals surface area contributed by atoms with Crippen LogP contribution >= 0.6 is 0 Å². The Morgan fingerprint density at radius 3 is 2.67 bits per heavy atom. The van der Waals surface area contributed by atoms with E-state index in [1.165, 1.54) is 34.2 Å². The van der Waals surface area contributed by atoms with E-state index in [2.05, 4.69) is 25.4 Å². The summed E-state index contributed by atoms with van der Waals surface area (Å²) in [5.41, 5.74) is -0.929. The molecule has 1 N–H and O–H groups in total. The molecule has 2 aliphatic rings. The molecule has 0 aromatic carbocycles. The maximum atomic E-state index is 14.5. The second-order valence-electron chi connectivity index (χ2n) is 7.04. The highest BCUT2D eigenvalue weighted by molar-refractivity contribution is 5.45. The van der Waals surface area contributed by atoms with Crippen molar-refractivity contribution < 1.29 is 8.78 Å². The molecule has 1 saturated carbocycles. The number of H-pyrrole nitrogens is 1. The predicted molar refractivity (Wildman–Crippen MR) is 90.3 cm³/mol. The molecule has 1 spiro atoms. The summed E-state index contributed by atoms with van der Waals surface area (Å²) in [6, 6.07) is 1.53. The fourth-order valence-corrected chi connectivity index (χ4v) is 3.64. The van der Waals surface area contributed by atoms with Crippen molar-refractivity contribution in [3.63, 3.8) is 0 Å². The van der Waals surface area contributed by atoms with Gasteiger partial charge in [0, 0.05) is 18.0 Å². The topological polar surface area (TPSA) is 97.5 Å². The molecule has 5 rings (SSSR count). The Bertz CT molecular complexity index is 1040. The third-order valence-electron chi connectivity index (χ3n) is 5.49. The highest BCUT2D eigenvalue weighted by atomic mass is 19.3. The van der Waals surface area contributed by atoms with Crippen LogP contribution in [0.1, 0.15) is 19.3 Å². The van der Waals surface area contributed by atoms with Gasteiger partial charge >= 0.3 is 0 Å². The number of halogens is 2. The van der Waals surface area contributed by atoms with Gasteiger partial charge in [-0.1, -0.05) is 5.21 Å². The quantitative estimate of drug-likeness (QED) is 0.739. The minimum atomic E-state index is -2.74. The van der Waals surface area contributed by atoms with E-state index in [0.717, 1.165) is 0 Å². The van der Waals surface area contributed by atoms with E-state index in [4.69, 9.17) is 0 Å². The minimum Gasteiger partial charge on any atom is -0.350 e. The molecule has 140 valence electrons.